The van der Waals surface area contributed by atoms with Gasteiger partial charge in [-0.15, -0.1) is 0 Å². The van der Waals surface area contributed by atoms with Crippen molar-refractivity contribution in [3.8, 4) is 0 Å². The summed E-state index contributed by atoms with van der Waals surface area (Å²) >= 11 is 6.05. The Morgan fingerprint density at radius 3 is 2.52 bits per heavy atom. The molecule has 1 saturated carbocycles. The van der Waals surface area contributed by atoms with Gasteiger partial charge in [-0.2, -0.15) is 0 Å². The van der Waals surface area contributed by atoms with Crippen LogP contribution in [0.15, 0.2) is 66.7 Å². The topological polar surface area (TPSA) is 99.3 Å². The largest absolute Gasteiger partial charge is 0.373 e. The third-order valence-corrected chi connectivity index (χ3v) is 11.0. The molecule has 0 spiro atoms. The number of piperazine rings is 1. The summed E-state index contributed by atoms with van der Waals surface area (Å²) in [5, 5.41) is 12.7. The Kier molecular flexibility index (Phi) is 9.17. The van der Waals surface area contributed by atoms with Crippen molar-refractivity contribution in [2.24, 2.45) is 0 Å². The maximum atomic E-state index is 15.4. The highest BCUT2D eigenvalue weighted by Gasteiger charge is 2.52. The van der Waals surface area contributed by atoms with Crippen LogP contribution < -0.4 is 21.3 Å². The molecule has 2 fully saturated rings. The molecule has 7 nitrogen and oxygen atoms in total. The van der Waals surface area contributed by atoms with E-state index in [4.69, 9.17) is 11.6 Å². The van der Waals surface area contributed by atoms with Gasteiger partial charge in [0.05, 0.1) is 5.25 Å². The predicted octanol–water partition coefficient (Wildman–Crippen LogP) is 5.07. The Balaban J connectivity index is 1.42. The normalized spacial score (nSPS) is 21.5. The molecule has 1 heterocycles. The van der Waals surface area contributed by atoms with E-state index < -0.39 is 38.3 Å². The lowest BCUT2D eigenvalue weighted by Gasteiger charge is -2.41. The van der Waals surface area contributed by atoms with Gasteiger partial charge >= 0.3 is 0 Å². The number of benzene rings is 3. The van der Waals surface area contributed by atoms with Crippen LogP contribution in [-0.2, 0) is 27.5 Å². The maximum absolute atomic E-state index is 15.4. The van der Waals surface area contributed by atoms with Gasteiger partial charge in [-0.1, -0.05) is 35.9 Å². The molecule has 0 radical (unpaired) electrons. The summed E-state index contributed by atoms with van der Waals surface area (Å²) < 4.78 is 56.4. The standard InChI is InChI=1S/C31H35ClF2N4O3S/c1-20-18-35-19-31(38-20,42(40,41)25-12-13-25)15-14-26-27(34)6-3-7-28(26)37-29(16-21-8-10-22(32)11-9-21)30(39)36-24-5-2-4-23(33)17-24/h2-11,17,20,25,29,35,37-38H,12-16,18-19H2,1H3,(H,36,39)/t20-,29-,31-/m0/s1. The molecule has 5 rings (SSSR count). The molecule has 1 saturated heterocycles. The van der Waals surface area contributed by atoms with E-state index in [2.05, 4.69) is 21.3 Å². The third-order valence-electron chi connectivity index (χ3n) is 7.87. The molecule has 1 aliphatic carbocycles. The fraction of sp³-hybridized carbons (Fsp3) is 0.387. The summed E-state index contributed by atoms with van der Waals surface area (Å²) in [7, 11) is -3.52. The first-order chi connectivity index (χ1) is 20.1. The second-order valence-corrected chi connectivity index (χ2v) is 14.2. The number of carbonyl (C=O) groups excluding carboxylic acids is 1. The maximum Gasteiger partial charge on any atom is 0.247 e. The van der Waals surface area contributed by atoms with Crippen LogP contribution in [0, 0.1) is 11.6 Å². The predicted molar refractivity (Wildman–Crippen MR) is 162 cm³/mol. The van der Waals surface area contributed by atoms with E-state index in [1.807, 2.05) is 6.92 Å². The smallest absolute Gasteiger partial charge is 0.247 e. The van der Waals surface area contributed by atoms with Gasteiger partial charge in [0, 0.05) is 47.5 Å². The van der Waals surface area contributed by atoms with Crippen molar-refractivity contribution in [2.45, 2.75) is 61.2 Å². The molecule has 0 unspecified atom stereocenters. The average Bonchev–Trinajstić information content (AvgIpc) is 3.80. The molecule has 1 amide bonds. The quantitative estimate of drug-likeness (QED) is 0.240. The zero-order chi connectivity index (χ0) is 29.9. The van der Waals surface area contributed by atoms with Crippen molar-refractivity contribution in [2.75, 3.05) is 23.7 Å². The van der Waals surface area contributed by atoms with Crippen molar-refractivity contribution >= 4 is 38.7 Å². The highest BCUT2D eigenvalue weighted by Crippen LogP contribution is 2.39. The van der Waals surface area contributed by atoms with Crippen LogP contribution in [0.5, 0.6) is 0 Å². The van der Waals surface area contributed by atoms with Crippen LogP contribution in [-0.4, -0.2) is 49.6 Å². The number of hydrogen-bond acceptors (Lipinski definition) is 6. The number of carbonyl (C=O) groups is 1. The highest BCUT2D eigenvalue weighted by atomic mass is 35.5. The lowest BCUT2D eigenvalue weighted by Crippen LogP contribution is -2.67. The SMILES string of the molecule is C[C@H]1CNC[C@](CCc2c(F)cccc2N[C@@H](Cc2ccc(Cl)cc2)C(=O)Nc2cccc(F)c2)(S(=O)(=O)C2CC2)N1. The van der Waals surface area contributed by atoms with Crippen molar-refractivity contribution in [1.82, 2.24) is 10.6 Å². The number of rotatable bonds is 11. The van der Waals surface area contributed by atoms with E-state index in [-0.39, 0.29) is 37.1 Å². The molecule has 11 heteroatoms. The summed E-state index contributed by atoms with van der Waals surface area (Å²) in [6.45, 7) is 2.81. The van der Waals surface area contributed by atoms with Gasteiger partial charge in [-0.25, -0.2) is 17.2 Å². The van der Waals surface area contributed by atoms with E-state index in [0.29, 0.717) is 41.3 Å². The van der Waals surface area contributed by atoms with Gasteiger partial charge in [0.1, 0.15) is 22.5 Å². The van der Waals surface area contributed by atoms with Crippen LogP contribution in [0.1, 0.15) is 37.3 Å². The number of hydrogen-bond donors (Lipinski definition) is 4. The van der Waals surface area contributed by atoms with Crippen molar-refractivity contribution in [1.29, 1.82) is 0 Å². The molecule has 42 heavy (non-hydrogen) atoms. The van der Waals surface area contributed by atoms with E-state index >= 15 is 4.39 Å². The van der Waals surface area contributed by atoms with Crippen LogP contribution in [0.4, 0.5) is 20.2 Å². The van der Waals surface area contributed by atoms with E-state index in [0.717, 1.165) is 5.56 Å². The first kappa shape index (κ1) is 30.4. The number of sulfone groups is 1. The molecule has 0 aromatic heterocycles. The summed E-state index contributed by atoms with van der Waals surface area (Å²) in [4.78, 5) is 12.3. The molecular weight excluding hydrogens is 582 g/mol. The minimum atomic E-state index is -3.52. The van der Waals surface area contributed by atoms with Gasteiger partial charge in [0.15, 0.2) is 9.84 Å². The first-order valence-electron chi connectivity index (χ1n) is 14.1. The van der Waals surface area contributed by atoms with Crippen LogP contribution in [0.3, 0.4) is 0 Å². The first-order valence-corrected chi connectivity index (χ1v) is 16.1. The average molecular weight is 617 g/mol. The number of anilines is 2. The van der Waals surface area contributed by atoms with Crippen molar-refractivity contribution < 1.29 is 22.0 Å². The summed E-state index contributed by atoms with van der Waals surface area (Å²) in [5.74, 6) is -1.42. The number of halogens is 3. The molecule has 1 aliphatic heterocycles. The fourth-order valence-electron chi connectivity index (χ4n) is 5.55. The molecule has 0 bridgehead atoms. The van der Waals surface area contributed by atoms with E-state index in [1.165, 1.54) is 24.3 Å². The fourth-order valence-corrected chi connectivity index (χ4v) is 8.12. The van der Waals surface area contributed by atoms with Crippen LogP contribution in [0.2, 0.25) is 5.02 Å². The number of amides is 1. The van der Waals surface area contributed by atoms with Crippen LogP contribution in [0.25, 0.3) is 0 Å². The molecule has 2 aliphatic rings. The molecule has 3 atom stereocenters. The zero-order valence-electron chi connectivity index (χ0n) is 23.3. The van der Waals surface area contributed by atoms with Crippen LogP contribution >= 0.6 is 11.6 Å². The molecule has 3 aromatic carbocycles. The summed E-state index contributed by atoms with van der Waals surface area (Å²) in [6, 6.07) is 16.2. The van der Waals surface area contributed by atoms with Gasteiger partial charge in [0.25, 0.3) is 0 Å². The Labute approximate surface area is 250 Å². The Bertz CT molecular complexity index is 1540. The van der Waals surface area contributed by atoms with Gasteiger partial charge < -0.3 is 16.0 Å². The second kappa shape index (κ2) is 12.7. The van der Waals surface area contributed by atoms with Gasteiger partial charge in [-0.3, -0.25) is 10.1 Å². The molecule has 224 valence electrons. The Morgan fingerprint density at radius 2 is 1.83 bits per heavy atom. The molecule has 3 aromatic rings. The van der Waals surface area contributed by atoms with E-state index in [1.54, 1.807) is 42.5 Å². The van der Waals surface area contributed by atoms with Crippen molar-refractivity contribution in [3.05, 3.63) is 94.5 Å². The molecular formula is C31H35ClF2N4O3S. The number of nitrogens with one attached hydrogen (secondary N) is 4. The summed E-state index contributed by atoms with van der Waals surface area (Å²) in [6.07, 6.45) is 1.80. The van der Waals surface area contributed by atoms with Gasteiger partial charge in [-0.05, 0) is 80.6 Å². The minimum absolute atomic E-state index is 0.0687. The lowest BCUT2D eigenvalue weighted by atomic mass is 9.99. The van der Waals surface area contributed by atoms with Crippen molar-refractivity contribution in [3.63, 3.8) is 0 Å². The Morgan fingerprint density at radius 1 is 1.10 bits per heavy atom. The highest BCUT2D eigenvalue weighted by molar-refractivity contribution is 7.93. The second-order valence-electron chi connectivity index (χ2n) is 11.2. The Hall–Kier alpha value is -3.05. The molecule has 4 N–H and O–H groups in total. The third kappa shape index (κ3) is 6.94. The summed E-state index contributed by atoms with van der Waals surface area (Å²) in [5.41, 5.74) is 1.78. The minimum Gasteiger partial charge on any atom is -0.373 e. The lowest BCUT2D eigenvalue weighted by molar-refractivity contribution is -0.116. The van der Waals surface area contributed by atoms with Gasteiger partial charge in [0.2, 0.25) is 5.91 Å². The van der Waals surface area contributed by atoms with E-state index in [9.17, 15) is 17.6 Å². The monoisotopic (exact) mass is 616 g/mol. The zero-order valence-corrected chi connectivity index (χ0v) is 24.9.